The monoisotopic (exact) mass is 413 g/mol. The number of aliphatic hydroxyl groups is 1. The number of carbonyl (C=O) groups is 2. The van der Waals surface area contributed by atoms with Crippen molar-refractivity contribution in [2.75, 3.05) is 26.2 Å². The molecule has 1 unspecified atom stereocenters. The first-order valence-electron chi connectivity index (χ1n) is 9.89. The van der Waals surface area contributed by atoms with Crippen LogP contribution in [0, 0.1) is 13.8 Å². The highest BCUT2D eigenvalue weighted by molar-refractivity contribution is 7.14. The van der Waals surface area contributed by atoms with Crippen molar-refractivity contribution in [1.82, 2.24) is 14.8 Å². The van der Waals surface area contributed by atoms with Crippen LogP contribution in [0.3, 0.4) is 0 Å². The Bertz CT molecular complexity index is 932. The first kappa shape index (κ1) is 21.2. The van der Waals surface area contributed by atoms with Crippen LogP contribution in [-0.2, 0) is 4.79 Å². The number of hydrogen-bond donors (Lipinski definition) is 1. The molecule has 1 aromatic carbocycles. The number of aliphatic hydroxyl groups excluding tert-OH is 1. The first-order chi connectivity index (χ1) is 13.9. The first-order valence-corrected chi connectivity index (χ1v) is 10.7. The SMILES string of the molecule is CCN(CC)CCN1C(=O)C(O)=C(C(=O)c2sc(C)nc2C)C1c1ccccc1. The predicted octanol–water partition coefficient (Wildman–Crippen LogP) is 3.68. The third-order valence-electron chi connectivity index (χ3n) is 5.32. The second kappa shape index (κ2) is 8.88. The van der Waals surface area contributed by atoms with Gasteiger partial charge in [-0.05, 0) is 32.5 Å². The van der Waals surface area contributed by atoms with E-state index < -0.39 is 17.7 Å². The largest absolute Gasteiger partial charge is 0.503 e. The number of carbonyl (C=O) groups excluding carboxylic acids is 2. The fourth-order valence-corrected chi connectivity index (χ4v) is 4.63. The predicted molar refractivity (Wildman–Crippen MR) is 114 cm³/mol. The number of Topliss-reactive ketones (excluding diaryl/α,β-unsaturated/α-hetero) is 1. The minimum absolute atomic E-state index is 0.146. The van der Waals surface area contributed by atoms with Crippen LogP contribution in [0.15, 0.2) is 41.7 Å². The molecule has 0 saturated heterocycles. The van der Waals surface area contributed by atoms with Crippen molar-refractivity contribution in [1.29, 1.82) is 0 Å². The van der Waals surface area contributed by atoms with E-state index in [1.807, 2.05) is 37.3 Å². The zero-order valence-corrected chi connectivity index (χ0v) is 18.1. The van der Waals surface area contributed by atoms with Crippen molar-refractivity contribution >= 4 is 23.0 Å². The highest BCUT2D eigenvalue weighted by Crippen LogP contribution is 2.39. The minimum atomic E-state index is -0.603. The molecule has 7 heteroatoms. The second-order valence-corrected chi connectivity index (χ2v) is 8.28. The average Bonchev–Trinajstić information content (AvgIpc) is 3.19. The summed E-state index contributed by atoms with van der Waals surface area (Å²) < 4.78 is 0. The average molecular weight is 414 g/mol. The van der Waals surface area contributed by atoms with E-state index in [2.05, 4.69) is 23.7 Å². The van der Waals surface area contributed by atoms with Gasteiger partial charge in [-0.1, -0.05) is 44.2 Å². The normalized spacial score (nSPS) is 16.9. The molecule has 0 bridgehead atoms. The number of rotatable bonds is 8. The zero-order valence-electron chi connectivity index (χ0n) is 17.3. The van der Waals surface area contributed by atoms with Crippen LogP contribution < -0.4 is 0 Å². The molecule has 2 heterocycles. The van der Waals surface area contributed by atoms with E-state index in [0.717, 1.165) is 23.7 Å². The lowest BCUT2D eigenvalue weighted by Gasteiger charge is -2.29. The Balaban J connectivity index is 2.02. The summed E-state index contributed by atoms with van der Waals surface area (Å²) in [5, 5.41) is 11.5. The van der Waals surface area contributed by atoms with Crippen molar-refractivity contribution in [3.05, 3.63) is 62.8 Å². The molecule has 0 radical (unpaired) electrons. The number of nitrogens with zero attached hydrogens (tertiary/aromatic N) is 3. The summed E-state index contributed by atoms with van der Waals surface area (Å²) in [6.07, 6.45) is 0. The third-order valence-corrected chi connectivity index (χ3v) is 6.40. The van der Waals surface area contributed by atoms with Crippen LogP contribution in [0.1, 0.15) is 45.8 Å². The number of likely N-dealkylation sites (N-methyl/N-ethyl adjacent to an activating group) is 1. The van der Waals surface area contributed by atoms with Crippen LogP contribution in [0.25, 0.3) is 0 Å². The van der Waals surface area contributed by atoms with Crippen LogP contribution in [0.5, 0.6) is 0 Å². The van der Waals surface area contributed by atoms with Gasteiger partial charge in [0.1, 0.15) is 0 Å². The molecule has 0 fully saturated rings. The number of benzene rings is 1. The number of amides is 1. The van der Waals surface area contributed by atoms with Gasteiger partial charge in [0.25, 0.3) is 5.91 Å². The number of thiazole rings is 1. The fourth-order valence-electron chi connectivity index (χ4n) is 3.75. The van der Waals surface area contributed by atoms with Crippen LogP contribution in [0.2, 0.25) is 0 Å². The summed E-state index contributed by atoms with van der Waals surface area (Å²) in [4.78, 5) is 35.0. The molecule has 1 amide bonds. The van der Waals surface area contributed by atoms with E-state index in [1.165, 1.54) is 11.3 Å². The number of ketones is 1. The molecule has 6 nitrogen and oxygen atoms in total. The van der Waals surface area contributed by atoms with E-state index in [0.29, 0.717) is 23.7 Å². The molecule has 154 valence electrons. The Kier molecular flexibility index (Phi) is 6.49. The molecule has 1 aliphatic rings. The fraction of sp³-hybridized carbons (Fsp3) is 0.409. The Morgan fingerprint density at radius 2 is 1.86 bits per heavy atom. The van der Waals surface area contributed by atoms with Crippen molar-refractivity contribution in [3.63, 3.8) is 0 Å². The quantitative estimate of drug-likeness (QED) is 0.668. The van der Waals surface area contributed by atoms with E-state index in [4.69, 9.17) is 0 Å². The molecule has 1 N–H and O–H groups in total. The highest BCUT2D eigenvalue weighted by atomic mass is 32.1. The lowest BCUT2D eigenvalue weighted by Crippen LogP contribution is -2.38. The summed E-state index contributed by atoms with van der Waals surface area (Å²) >= 11 is 1.29. The van der Waals surface area contributed by atoms with E-state index in [-0.39, 0.29) is 11.4 Å². The van der Waals surface area contributed by atoms with Gasteiger partial charge in [-0.15, -0.1) is 11.3 Å². The van der Waals surface area contributed by atoms with Gasteiger partial charge in [0.2, 0.25) is 5.78 Å². The summed E-state index contributed by atoms with van der Waals surface area (Å²) in [6, 6.07) is 8.82. The van der Waals surface area contributed by atoms with Gasteiger partial charge < -0.3 is 14.9 Å². The lowest BCUT2D eigenvalue weighted by molar-refractivity contribution is -0.129. The Morgan fingerprint density at radius 3 is 2.41 bits per heavy atom. The van der Waals surface area contributed by atoms with Crippen molar-refractivity contribution in [2.24, 2.45) is 0 Å². The molecular formula is C22H27N3O3S. The summed E-state index contributed by atoms with van der Waals surface area (Å²) in [5.41, 5.74) is 1.58. The highest BCUT2D eigenvalue weighted by Gasteiger charge is 2.44. The van der Waals surface area contributed by atoms with E-state index >= 15 is 0 Å². The molecule has 1 aliphatic heterocycles. The summed E-state index contributed by atoms with van der Waals surface area (Å²) in [7, 11) is 0. The molecule has 0 saturated carbocycles. The van der Waals surface area contributed by atoms with Gasteiger partial charge in [-0.2, -0.15) is 0 Å². The van der Waals surface area contributed by atoms with Crippen molar-refractivity contribution < 1.29 is 14.7 Å². The molecular weight excluding hydrogens is 386 g/mol. The molecule has 0 aliphatic carbocycles. The third kappa shape index (κ3) is 4.11. The van der Waals surface area contributed by atoms with Crippen LogP contribution in [0.4, 0.5) is 0 Å². The maximum atomic E-state index is 13.4. The van der Waals surface area contributed by atoms with Gasteiger partial charge in [0, 0.05) is 13.1 Å². The Hall–Kier alpha value is -2.51. The second-order valence-electron chi connectivity index (χ2n) is 7.08. The van der Waals surface area contributed by atoms with Gasteiger partial charge >= 0.3 is 0 Å². The van der Waals surface area contributed by atoms with Crippen molar-refractivity contribution in [2.45, 2.75) is 33.7 Å². The van der Waals surface area contributed by atoms with Gasteiger partial charge in [-0.3, -0.25) is 9.59 Å². The minimum Gasteiger partial charge on any atom is -0.503 e. The maximum absolute atomic E-state index is 13.4. The van der Waals surface area contributed by atoms with Crippen LogP contribution in [-0.4, -0.2) is 57.8 Å². The van der Waals surface area contributed by atoms with Crippen LogP contribution >= 0.6 is 11.3 Å². The van der Waals surface area contributed by atoms with Gasteiger partial charge in [0.15, 0.2) is 5.76 Å². The molecule has 2 aromatic rings. The summed E-state index contributed by atoms with van der Waals surface area (Å²) in [6.45, 7) is 10.6. The number of aryl methyl sites for hydroxylation is 2. The van der Waals surface area contributed by atoms with E-state index in [9.17, 15) is 14.7 Å². The molecule has 3 rings (SSSR count). The topological polar surface area (TPSA) is 73.7 Å². The van der Waals surface area contributed by atoms with Crippen molar-refractivity contribution in [3.8, 4) is 0 Å². The molecule has 1 aromatic heterocycles. The standard InChI is InChI=1S/C22H27N3O3S/c1-5-24(6-2)12-13-25-18(16-10-8-7-9-11-16)17(20(27)22(25)28)19(26)21-14(3)23-15(4)29-21/h7-11,18,27H,5-6,12-13H2,1-4H3. The Labute approximate surface area is 175 Å². The maximum Gasteiger partial charge on any atom is 0.290 e. The summed E-state index contributed by atoms with van der Waals surface area (Å²) in [5.74, 6) is -1.26. The lowest BCUT2D eigenvalue weighted by atomic mass is 9.95. The molecule has 0 spiro atoms. The molecule has 29 heavy (non-hydrogen) atoms. The smallest absolute Gasteiger partial charge is 0.290 e. The Morgan fingerprint density at radius 1 is 1.21 bits per heavy atom. The van der Waals surface area contributed by atoms with Gasteiger partial charge in [0.05, 0.1) is 27.2 Å². The van der Waals surface area contributed by atoms with Gasteiger partial charge in [-0.25, -0.2) is 4.98 Å². The number of aromatic nitrogens is 1. The van der Waals surface area contributed by atoms with E-state index in [1.54, 1.807) is 11.8 Å². The molecule has 1 atom stereocenters. The zero-order chi connectivity index (χ0) is 21.1. The number of hydrogen-bond acceptors (Lipinski definition) is 6.